The Labute approximate surface area is 313 Å². The van der Waals surface area contributed by atoms with E-state index in [0.717, 1.165) is 40.7 Å². The predicted octanol–water partition coefficient (Wildman–Crippen LogP) is 13.9. The van der Waals surface area contributed by atoms with Crippen molar-refractivity contribution < 1.29 is 0 Å². The maximum absolute atomic E-state index is 2.54. The molecule has 0 aliphatic heterocycles. The molecule has 4 bridgehead atoms. The Morgan fingerprint density at radius 2 is 0.755 bits per heavy atom. The molecule has 0 unspecified atom stereocenters. The van der Waals surface area contributed by atoms with Crippen LogP contribution in [0.5, 0.6) is 0 Å². The summed E-state index contributed by atoms with van der Waals surface area (Å²) >= 11 is 0. The Morgan fingerprint density at radius 3 is 1.34 bits per heavy atom. The van der Waals surface area contributed by atoms with Gasteiger partial charge in [-0.25, -0.2) is 0 Å². The number of fused-ring (bicyclic) bond motifs is 3. The number of rotatable bonds is 6. The van der Waals surface area contributed by atoms with Crippen LogP contribution in [0.4, 0.5) is 17.1 Å². The van der Waals surface area contributed by atoms with Crippen molar-refractivity contribution in [2.75, 3.05) is 4.90 Å². The highest BCUT2D eigenvalue weighted by molar-refractivity contribution is 5.86. The molecule has 256 valence electrons. The first kappa shape index (κ1) is 30.9. The fourth-order valence-corrected chi connectivity index (χ4v) is 11.5. The summed E-state index contributed by atoms with van der Waals surface area (Å²) in [4.78, 5) is 2.36. The second-order valence-corrected chi connectivity index (χ2v) is 16.2. The summed E-state index contributed by atoms with van der Waals surface area (Å²) in [7, 11) is 0. The fraction of sp³-hybridized carbons (Fsp3) is 0.192. The number of para-hydroxylation sites is 1. The molecule has 4 fully saturated rings. The van der Waals surface area contributed by atoms with Gasteiger partial charge in [0.1, 0.15) is 0 Å². The summed E-state index contributed by atoms with van der Waals surface area (Å²) in [6.45, 7) is 0. The Hall–Kier alpha value is -5.66. The Morgan fingerprint density at radius 1 is 0.340 bits per heavy atom. The first-order valence-corrected chi connectivity index (χ1v) is 19.7. The lowest BCUT2D eigenvalue weighted by molar-refractivity contribution is -0.0399. The lowest BCUT2D eigenvalue weighted by atomic mass is 9.43. The minimum atomic E-state index is 0.221. The zero-order valence-corrected chi connectivity index (χ0v) is 30.0. The van der Waals surface area contributed by atoms with Gasteiger partial charge in [-0.3, -0.25) is 0 Å². The van der Waals surface area contributed by atoms with Crippen molar-refractivity contribution in [2.45, 2.75) is 37.5 Å². The van der Waals surface area contributed by atoms with Gasteiger partial charge in [-0.15, -0.1) is 0 Å². The monoisotopic (exact) mass is 681 g/mol. The summed E-state index contributed by atoms with van der Waals surface area (Å²) in [5, 5.41) is 0. The highest BCUT2D eigenvalue weighted by Gasteiger charge is 2.61. The average Bonchev–Trinajstić information content (AvgIpc) is 3.51. The molecule has 0 aromatic heterocycles. The molecular formula is C52H43N. The van der Waals surface area contributed by atoms with Gasteiger partial charge < -0.3 is 4.90 Å². The number of hydrogen-bond acceptors (Lipinski definition) is 1. The molecule has 1 nitrogen and oxygen atoms in total. The van der Waals surface area contributed by atoms with Gasteiger partial charge in [-0.2, -0.15) is 0 Å². The predicted molar refractivity (Wildman–Crippen MR) is 221 cm³/mol. The Bertz CT molecular complexity index is 2400. The van der Waals surface area contributed by atoms with Gasteiger partial charge in [0.2, 0.25) is 0 Å². The highest BCUT2D eigenvalue weighted by atomic mass is 15.1. The molecule has 5 aliphatic rings. The summed E-state index contributed by atoms with van der Waals surface area (Å²) < 4.78 is 0. The van der Waals surface area contributed by atoms with Gasteiger partial charge in [0.05, 0.1) is 0 Å². The standard InChI is InChI=1S/C52H43N/c1-3-9-37(10-4-1)38-15-17-39(18-16-38)40-19-24-46(25-20-40)53(45-11-5-2-6-12-45)47-26-21-41(22-27-47)42-23-28-51-49(34-42)48-13-7-8-14-50(48)52(51)43-30-35-29-36(32-43)33-44(52)31-35/h1-28,34-36,43-44H,29-33H2. The van der Waals surface area contributed by atoms with Crippen molar-refractivity contribution in [1.29, 1.82) is 0 Å². The summed E-state index contributed by atoms with van der Waals surface area (Å²) in [6, 6.07) is 65.3. The quantitative estimate of drug-likeness (QED) is 0.169. The molecule has 12 rings (SSSR count). The normalized spacial score (nSPS) is 23.2. The van der Waals surface area contributed by atoms with Crippen LogP contribution in [0.25, 0.3) is 44.5 Å². The van der Waals surface area contributed by atoms with Crippen molar-refractivity contribution in [3.63, 3.8) is 0 Å². The molecule has 0 amide bonds. The van der Waals surface area contributed by atoms with Crippen LogP contribution >= 0.6 is 0 Å². The summed E-state index contributed by atoms with van der Waals surface area (Å²) in [6.07, 6.45) is 7.18. The molecule has 0 atom stereocenters. The average molecular weight is 682 g/mol. The minimum absolute atomic E-state index is 0.221. The lowest BCUT2D eigenvalue weighted by Gasteiger charge is -2.61. The van der Waals surface area contributed by atoms with Crippen LogP contribution < -0.4 is 4.90 Å². The molecule has 1 heteroatoms. The summed E-state index contributed by atoms with van der Waals surface area (Å²) in [5.74, 6) is 3.51. The molecule has 0 N–H and O–H groups in total. The number of benzene rings is 7. The summed E-state index contributed by atoms with van der Waals surface area (Å²) in [5.41, 5.74) is 17.4. The van der Waals surface area contributed by atoms with E-state index in [2.05, 4.69) is 181 Å². The van der Waals surface area contributed by atoms with Crippen LogP contribution in [0.2, 0.25) is 0 Å². The number of hydrogen-bond donors (Lipinski definition) is 0. The lowest BCUT2D eigenvalue weighted by Crippen LogP contribution is -2.55. The molecule has 7 aromatic rings. The van der Waals surface area contributed by atoms with E-state index in [1.807, 2.05) is 0 Å². The first-order chi connectivity index (χ1) is 26.2. The minimum Gasteiger partial charge on any atom is -0.311 e. The fourth-order valence-electron chi connectivity index (χ4n) is 11.5. The smallest absolute Gasteiger partial charge is 0.0462 e. The van der Waals surface area contributed by atoms with Crippen LogP contribution in [0, 0.1) is 23.7 Å². The third-order valence-electron chi connectivity index (χ3n) is 13.5. The van der Waals surface area contributed by atoms with Crippen LogP contribution in [-0.2, 0) is 5.41 Å². The van der Waals surface area contributed by atoms with Gasteiger partial charge in [-0.1, -0.05) is 133 Å². The molecule has 5 aliphatic carbocycles. The zero-order valence-electron chi connectivity index (χ0n) is 30.0. The van der Waals surface area contributed by atoms with E-state index >= 15 is 0 Å². The SMILES string of the molecule is c1ccc(-c2ccc(-c3ccc(N(c4ccccc4)c4ccc(-c5ccc6c(c5)-c5ccccc5C65C6CC7CC(C6)CC5C7)cc4)cc3)cc2)cc1. The molecule has 4 saturated carbocycles. The Balaban J connectivity index is 0.914. The Kier molecular flexibility index (Phi) is 7.12. The van der Waals surface area contributed by atoms with Gasteiger partial charge in [0.15, 0.2) is 0 Å². The van der Waals surface area contributed by atoms with Crippen LogP contribution in [0.3, 0.4) is 0 Å². The van der Waals surface area contributed by atoms with E-state index in [4.69, 9.17) is 0 Å². The van der Waals surface area contributed by atoms with E-state index in [0.29, 0.717) is 0 Å². The van der Waals surface area contributed by atoms with Crippen molar-refractivity contribution in [1.82, 2.24) is 0 Å². The van der Waals surface area contributed by atoms with Crippen LogP contribution in [0.1, 0.15) is 43.2 Å². The molecule has 53 heavy (non-hydrogen) atoms. The van der Waals surface area contributed by atoms with Crippen molar-refractivity contribution in [3.05, 3.63) is 187 Å². The molecule has 1 spiro atoms. The number of anilines is 3. The van der Waals surface area contributed by atoms with E-state index < -0.39 is 0 Å². The second kappa shape index (κ2) is 12.2. The van der Waals surface area contributed by atoms with E-state index in [1.165, 1.54) is 76.6 Å². The molecule has 0 saturated heterocycles. The highest BCUT2D eigenvalue weighted by Crippen LogP contribution is 2.69. The van der Waals surface area contributed by atoms with Crippen molar-refractivity contribution in [2.24, 2.45) is 23.7 Å². The third-order valence-corrected chi connectivity index (χ3v) is 13.5. The van der Waals surface area contributed by atoms with Gasteiger partial charge >= 0.3 is 0 Å². The van der Waals surface area contributed by atoms with Crippen LogP contribution in [-0.4, -0.2) is 0 Å². The molecule has 0 radical (unpaired) electrons. The zero-order chi connectivity index (χ0) is 34.9. The van der Waals surface area contributed by atoms with Crippen LogP contribution in [0.15, 0.2) is 176 Å². The van der Waals surface area contributed by atoms with Gasteiger partial charge in [0, 0.05) is 22.5 Å². The van der Waals surface area contributed by atoms with Crippen molar-refractivity contribution >= 4 is 17.1 Å². The molecular weight excluding hydrogens is 639 g/mol. The van der Waals surface area contributed by atoms with E-state index in [9.17, 15) is 0 Å². The van der Waals surface area contributed by atoms with Gasteiger partial charge in [-0.05, 0) is 154 Å². The van der Waals surface area contributed by atoms with E-state index in [1.54, 1.807) is 11.1 Å². The maximum atomic E-state index is 2.54. The molecule has 7 aromatic carbocycles. The van der Waals surface area contributed by atoms with Crippen molar-refractivity contribution in [3.8, 4) is 44.5 Å². The van der Waals surface area contributed by atoms with E-state index in [-0.39, 0.29) is 5.41 Å². The second-order valence-electron chi connectivity index (χ2n) is 16.2. The third kappa shape index (κ3) is 4.90. The largest absolute Gasteiger partial charge is 0.311 e. The molecule has 0 heterocycles. The topological polar surface area (TPSA) is 3.24 Å². The van der Waals surface area contributed by atoms with Gasteiger partial charge in [0.25, 0.3) is 0 Å². The first-order valence-electron chi connectivity index (χ1n) is 19.7. The number of nitrogens with zero attached hydrogens (tertiary/aromatic N) is 1. The maximum Gasteiger partial charge on any atom is 0.0462 e.